The van der Waals surface area contributed by atoms with Crippen molar-refractivity contribution in [2.75, 3.05) is 0 Å². The van der Waals surface area contributed by atoms with Gasteiger partial charge in [0.15, 0.2) is 0 Å². The Labute approximate surface area is 131 Å². The molecule has 1 aliphatic carbocycles. The van der Waals surface area contributed by atoms with Crippen LogP contribution in [0.15, 0.2) is 36.4 Å². The second-order valence-corrected chi connectivity index (χ2v) is 5.35. The molecule has 1 amide bonds. The molecule has 2 N–H and O–H groups in total. The molecule has 4 nitrogen and oxygen atoms in total. The number of aliphatic hydroxyl groups excluding tert-OH is 1. The van der Waals surface area contributed by atoms with E-state index in [4.69, 9.17) is 5.26 Å². The summed E-state index contributed by atoms with van der Waals surface area (Å²) in [6, 6.07) is 9.65. The van der Waals surface area contributed by atoms with Crippen molar-refractivity contribution < 1.29 is 18.7 Å². The van der Waals surface area contributed by atoms with Crippen molar-refractivity contribution in [3.8, 4) is 6.07 Å². The van der Waals surface area contributed by atoms with E-state index in [2.05, 4.69) is 5.32 Å². The number of nitrogens with one attached hydrogen (secondary N) is 1. The molecule has 0 bridgehead atoms. The van der Waals surface area contributed by atoms with E-state index in [0.29, 0.717) is 6.42 Å². The predicted molar refractivity (Wildman–Crippen MR) is 77.4 cm³/mol. The molecule has 0 heterocycles. The molecule has 0 saturated carbocycles. The van der Waals surface area contributed by atoms with Crippen LogP contribution < -0.4 is 5.32 Å². The second-order valence-electron chi connectivity index (χ2n) is 5.35. The molecule has 2 aromatic rings. The molecule has 0 aromatic heterocycles. The van der Waals surface area contributed by atoms with Gasteiger partial charge in [0.25, 0.3) is 5.91 Å². The summed E-state index contributed by atoms with van der Waals surface area (Å²) in [7, 11) is 0. The number of hydrogen-bond acceptors (Lipinski definition) is 3. The Morgan fingerprint density at radius 3 is 2.57 bits per heavy atom. The van der Waals surface area contributed by atoms with Gasteiger partial charge in [-0.25, -0.2) is 8.78 Å². The number of halogens is 2. The van der Waals surface area contributed by atoms with Gasteiger partial charge in [0.2, 0.25) is 0 Å². The van der Waals surface area contributed by atoms with Gasteiger partial charge < -0.3 is 10.4 Å². The third-order valence-electron chi connectivity index (χ3n) is 3.89. The highest BCUT2D eigenvalue weighted by Gasteiger charge is 2.33. The minimum atomic E-state index is -1.11. The van der Waals surface area contributed by atoms with Gasteiger partial charge in [-0.2, -0.15) is 5.26 Å². The van der Waals surface area contributed by atoms with Crippen LogP contribution >= 0.6 is 0 Å². The van der Waals surface area contributed by atoms with Crippen LogP contribution in [-0.2, 0) is 6.42 Å². The summed E-state index contributed by atoms with van der Waals surface area (Å²) >= 11 is 0. The number of rotatable bonds is 2. The average Bonchev–Trinajstić information content (AvgIpc) is 2.82. The minimum Gasteiger partial charge on any atom is -0.390 e. The van der Waals surface area contributed by atoms with E-state index in [1.165, 1.54) is 0 Å². The van der Waals surface area contributed by atoms with E-state index in [9.17, 15) is 18.7 Å². The Morgan fingerprint density at radius 2 is 1.91 bits per heavy atom. The van der Waals surface area contributed by atoms with Crippen LogP contribution in [-0.4, -0.2) is 17.1 Å². The molecule has 3 rings (SSSR count). The zero-order chi connectivity index (χ0) is 16.6. The topological polar surface area (TPSA) is 73.1 Å². The number of benzene rings is 2. The average molecular weight is 314 g/mol. The Hall–Kier alpha value is -2.78. The van der Waals surface area contributed by atoms with E-state index < -0.39 is 35.3 Å². The summed E-state index contributed by atoms with van der Waals surface area (Å²) in [5.41, 5.74) is 0.636. The number of amides is 1. The van der Waals surface area contributed by atoms with Gasteiger partial charge in [0.1, 0.15) is 17.2 Å². The first kappa shape index (κ1) is 15.1. The number of fused-ring (bicyclic) bond motifs is 1. The number of nitrogens with zero attached hydrogens (tertiary/aromatic N) is 1. The van der Waals surface area contributed by atoms with Gasteiger partial charge in [-0.15, -0.1) is 0 Å². The summed E-state index contributed by atoms with van der Waals surface area (Å²) in [5.74, 6) is -3.19. The van der Waals surface area contributed by atoms with Gasteiger partial charge in [-0.1, -0.05) is 24.3 Å². The molecule has 116 valence electrons. The lowest BCUT2D eigenvalue weighted by molar-refractivity contribution is 0.0850. The lowest BCUT2D eigenvalue weighted by Gasteiger charge is -2.18. The van der Waals surface area contributed by atoms with Crippen molar-refractivity contribution >= 4 is 5.91 Å². The maximum absolute atomic E-state index is 13.9. The van der Waals surface area contributed by atoms with Crippen LogP contribution in [0.5, 0.6) is 0 Å². The smallest absolute Gasteiger partial charge is 0.257 e. The van der Waals surface area contributed by atoms with E-state index in [1.54, 1.807) is 18.2 Å². The quantitative estimate of drug-likeness (QED) is 0.893. The molecule has 2 aromatic carbocycles. The van der Waals surface area contributed by atoms with Crippen molar-refractivity contribution in [2.45, 2.75) is 18.6 Å². The fraction of sp³-hybridized carbons (Fsp3) is 0.176. The van der Waals surface area contributed by atoms with Crippen LogP contribution in [0, 0.1) is 23.0 Å². The summed E-state index contributed by atoms with van der Waals surface area (Å²) < 4.78 is 27.8. The SMILES string of the molecule is N#Cc1cc(F)c(C(=O)N[C@H]2c3ccccc3C[C@@H]2O)c(F)c1. The van der Waals surface area contributed by atoms with Crippen molar-refractivity contribution in [1.29, 1.82) is 5.26 Å². The number of aliphatic hydroxyl groups is 1. The number of hydrogen-bond donors (Lipinski definition) is 2. The highest BCUT2D eigenvalue weighted by molar-refractivity contribution is 5.95. The Kier molecular flexibility index (Phi) is 3.80. The molecule has 6 heteroatoms. The first-order valence-electron chi connectivity index (χ1n) is 6.97. The number of nitriles is 1. The van der Waals surface area contributed by atoms with Gasteiger partial charge in [-0.3, -0.25) is 4.79 Å². The summed E-state index contributed by atoms with van der Waals surface area (Å²) in [5, 5.41) is 21.2. The largest absolute Gasteiger partial charge is 0.390 e. The van der Waals surface area contributed by atoms with E-state index in [0.717, 1.165) is 23.3 Å². The highest BCUT2D eigenvalue weighted by Crippen LogP contribution is 2.31. The lowest BCUT2D eigenvalue weighted by Crippen LogP contribution is -2.34. The van der Waals surface area contributed by atoms with E-state index >= 15 is 0 Å². The zero-order valence-electron chi connectivity index (χ0n) is 11.9. The summed E-state index contributed by atoms with van der Waals surface area (Å²) in [4.78, 5) is 12.2. The first-order chi connectivity index (χ1) is 11.0. The molecule has 23 heavy (non-hydrogen) atoms. The standard InChI is InChI=1S/C17H12F2N2O2/c18-12-5-9(8-20)6-13(19)15(12)17(23)21-16-11-4-2-1-3-10(11)7-14(16)22/h1-6,14,16,22H,7H2,(H,21,23)/t14-,16-/m0/s1. The van der Waals surface area contributed by atoms with E-state index in [-0.39, 0.29) is 5.56 Å². The van der Waals surface area contributed by atoms with Crippen LogP contribution in [0.4, 0.5) is 8.78 Å². The van der Waals surface area contributed by atoms with Crippen LogP contribution in [0.2, 0.25) is 0 Å². The molecular weight excluding hydrogens is 302 g/mol. The minimum absolute atomic E-state index is 0.206. The monoisotopic (exact) mass is 314 g/mol. The predicted octanol–water partition coefficient (Wildman–Crippen LogP) is 2.22. The van der Waals surface area contributed by atoms with Crippen LogP contribution in [0.3, 0.4) is 0 Å². The molecule has 2 atom stereocenters. The molecule has 0 spiro atoms. The Bertz CT molecular complexity index is 807. The third kappa shape index (κ3) is 2.67. The Morgan fingerprint density at radius 1 is 1.26 bits per heavy atom. The fourth-order valence-corrected chi connectivity index (χ4v) is 2.82. The van der Waals surface area contributed by atoms with Crippen LogP contribution in [0.25, 0.3) is 0 Å². The molecule has 1 aliphatic rings. The van der Waals surface area contributed by atoms with E-state index in [1.807, 2.05) is 12.1 Å². The normalized spacial score (nSPS) is 19.0. The third-order valence-corrected chi connectivity index (χ3v) is 3.89. The maximum Gasteiger partial charge on any atom is 0.257 e. The van der Waals surface area contributed by atoms with Crippen molar-refractivity contribution in [1.82, 2.24) is 5.32 Å². The molecule has 0 aliphatic heterocycles. The molecule has 0 fully saturated rings. The highest BCUT2D eigenvalue weighted by atomic mass is 19.1. The van der Waals surface area contributed by atoms with Gasteiger partial charge in [-0.05, 0) is 23.3 Å². The molecule has 0 saturated heterocycles. The zero-order valence-corrected chi connectivity index (χ0v) is 11.9. The maximum atomic E-state index is 13.9. The first-order valence-corrected chi connectivity index (χ1v) is 6.97. The number of carbonyl (C=O) groups is 1. The van der Waals surface area contributed by atoms with Crippen molar-refractivity contribution in [2.24, 2.45) is 0 Å². The molecular formula is C17H12F2N2O2. The number of carbonyl (C=O) groups excluding carboxylic acids is 1. The van der Waals surface area contributed by atoms with Gasteiger partial charge >= 0.3 is 0 Å². The summed E-state index contributed by atoms with van der Waals surface area (Å²) in [6.45, 7) is 0. The van der Waals surface area contributed by atoms with Crippen LogP contribution in [0.1, 0.15) is 33.1 Å². The molecule has 0 radical (unpaired) electrons. The van der Waals surface area contributed by atoms with Crippen molar-refractivity contribution in [3.05, 3.63) is 70.3 Å². The second kappa shape index (κ2) is 5.78. The Balaban J connectivity index is 1.90. The lowest BCUT2D eigenvalue weighted by atomic mass is 10.1. The van der Waals surface area contributed by atoms with Crippen molar-refractivity contribution in [3.63, 3.8) is 0 Å². The molecule has 0 unspecified atom stereocenters. The van der Waals surface area contributed by atoms with Gasteiger partial charge in [0, 0.05) is 6.42 Å². The van der Waals surface area contributed by atoms with Gasteiger partial charge in [0.05, 0.1) is 23.8 Å². The fourth-order valence-electron chi connectivity index (χ4n) is 2.82. The summed E-state index contributed by atoms with van der Waals surface area (Å²) in [6.07, 6.45) is -0.500.